The molecule has 0 saturated carbocycles. The highest BCUT2D eigenvalue weighted by atomic mass is 16.5. The van der Waals surface area contributed by atoms with Crippen LogP contribution in [0.3, 0.4) is 0 Å². The maximum Gasteiger partial charge on any atom is 0.222 e. The van der Waals surface area contributed by atoms with Gasteiger partial charge in [-0.2, -0.15) is 0 Å². The fraction of sp³-hybridized carbons (Fsp3) is 0.611. The first-order valence-electron chi connectivity index (χ1n) is 8.17. The molecule has 0 spiro atoms. The van der Waals surface area contributed by atoms with Crippen LogP contribution in [0.5, 0.6) is 5.75 Å². The maximum absolute atomic E-state index is 11.8. The zero-order valence-electron chi connectivity index (χ0n) is 13.1. The standard InChI is InChI=1S/C18H25NO2/c1-3-18(20)19-10-8-14(9-11-19)16-7-5-13-4-6-15(21-2)12-17(13)16/h4,6,12,14,16H,3,5,7-11H2,1-2H3. The number of likely N-dealkylation sites (tertiary alicyclic amines) is 1. The van der Waals surface area contributed by atoms with Gasteiger partial charge in [-0.1, -0.05) is 13.0 Å². The van der Waals surface area contributed by atoms with Crippen molar-refractivity contribution in [3.8, 4) is 5.75 Å². The second kappa shape index (κ2) is 6.08. The average molecular weight is 287 g/mol. The topological polar surface area (TPSA) is 29.5 Å². The Kier molecular flexibility index (Phi) is 4.18. The third-order valence-electron chi connectivity index (χ3n) is 5.24. The lowest BCUT2D eigenvalue weighted by atomic mass is 9.81. The van der Waals surface area contributed by atoms with Crippen LogP contribution in [0.4, 0.5) is 0 Å². The van der Waals surface area contributed by atoms with Crippen LogP contribution >= 0.6 is 0 Å². The molecular formula is C18H25NO2. The van der Waals surface area contributed by atoms with Crippen molar-refractivity contribution in [1.29, 1.82) is 0 Å². The van der Waals surface area contributed by atoms with Gasteiger partial charge < -0.3 is 9.64 Å². The van der Waals surface area contributed by atoms with Gasteiger partial charge in [0.2, 0.25) is 5.91 Å². The summed E-state index contributed by atoms with van der Waals surface area (Å²) < 4.78 is 5.39. The molecule has 1 heterocycles. The molecule has 3 nitrogen and oxygen atoms in total. The van der Waals surface area contributed by atoms with E-state index in [9.17, 15) is 4.79 Å². The molecule has 2 aliphatic rings. The van der Waals surface area contributed by atoms with Crippen LogP contribution in [0.2, 0.25) is 0 Å². The molecule has 1 aliphatic heterocycles. The van der Waals surface area contributed by atoms with Gasteiger partial charge in [-0.3, -0.25) is 4.79 Å². The summed E-state index contributed by atoms with van der Waals surface area (Å²) in [5.41, 5.74) is 2.99. The van der Waals surface area contributed by atoms with Crippen molar-refractivity contribution >= 4 is 5.91 Å². The zero-order valence-corrected chi connectivity index (χ0v) is 13.1. The van der Waals surface area contributed by atoms with Crippen LogP contribution in [0.25, 0.3) is 0 Å². The largest absolute Gasteiger partial charge is 0.497 e. The van der Waals surface area contributed by atoms with Crippen LogP contribution in [0, 0.1) is 5.92 Å². The number of rotatable bonds is 3. The predicted octanol–water partition coefficient (Wildman–Crippen LogP) is 3.37. The van der Waals surface area contributed by atoms with Crippen LogP contribution in [0.1, 0.15) is 49.7 Å². The highest BCUT2D eigenvalue weighted by Crippen LogP contribution is 2.43. The van der Waals surface area contributed by atoms with E-state index in [4.69, 9.17) is 4.74 Å². The number of benzene rings is 1. The minimum absolute atomic E-state index is 0.307. The molecule has 0 radical (unpaired) electrons. The molecule has 1 aromatic carbocycles. The second-order valence-corrected chi connectivity index (χ2v) is 6.28. The number of piperidine rings is 1. The van der Waals surface area contributed by atoms with Gasteiger partial charge >= 0.3 is 0 Å². The van der Waals surface area contributed by atoms with E-state index in [0.29, 0.717) is 18.2 Å². The first-order valence-corrected chi connectivity index (χ1v) is 8.17. The van der Waals surface area contributed by atoms with Crippen LogP contribution in [-0.2, 0) is 11.2 Å². The molecule has 3 heteroatoms. The SMILES string of the molecule is CCC(=O)N1CCC(C2CCc3ccc(OC)cc32)CC1. The number of fused-ring (bicyclic) bond motifs is 1. The zero-order chi connectivity index (χ0) is 14.8. The first kappa shape index (κ1) is 14.4. The van der Waals surface area contributed by atoms with Gasteiger partial charge in [-0.15, -0.1) is 0 Å². The van der Waals surface area contributed by atoms with Crippen LogP contribution < -0.4 is 4.74 Å². The highest BCUT2D eigenvalue weighted by Gasteiger charge is 2.33. The van der Waals surface area contributed by atoms with Gasteiger partial charge in [0.05, 0.1) is 7.11 Å². The molecule has 1 aliphatic carbocycles. The van der Waals surface area contributed by atoms with E-state index < -0.39 is 0 Å². The van der Waals surface area contributed by atoms with Crippen molar-refractivity contribution in [3.05, 3.63) is 29.3 Å². The molecule has 1 atom stereocenters. The summed E-state index contributed by atoms with van der Waals surface area (Å²) in [6.07, 6.45) is 5.38. The Balaban J connectivity index is 1.69. The van der Waals surface area contributed by atoms with Gasteiger partial charge in [0.15, 0.2) is 0 Å². The molecule has 1 fully saturated rings. The summed E-state index contributed by atoms with van der Waals surface area (Å²) in [4.78, 5) is 13.8. The Morgan fingerprint density at radius 3 is 2.71 bits per heavy atom. The molecule has 1 saturated heterocycles. The van der Waals surface area contributed by atoms with E-state index in [1.807, 2.05) is 11.8 Å². The summed E-state index contributed by atoms with van der Waals surface area (Å²) >= 11 is 0. The molecule has 21 heavy (non-hydrogen) atoms. The lowest BCUT2D eigenvalue weighted by Gasteiger charge is -2.35. The third-order valence-corrected chi connectivity index (χ3v) is 5.24. The Hall–Kier alpha value is -1.51. The summed E-state index contributed by atoms with van der Waals surface area (Å²) in [5, 5.41) is 0. The number of amides is 1. The van der Waals surface area contributed by atoms with E-state index in [1.54, 1.807) is 7.11 Å². The van der Waals surface area contributed by atoms with Gasteiger partial charge in [0.25, 0.3) is 0 Å². The second-order valence-electron chi connectivity index (χ2n) is 6.28. The van der Waals surface area contributed by atoms with Crippen molar-refractivity contribution in [3.63, 3.8) is 0 Å². The Morgan fingerprint density at radius 1 is 1.29 bits per heavy atom. The Bertz CT molecular complexity index is 518. The van der Waals surface area contributed by atoms with Crippen molar-refractivity contribution in [2.24, 2.45) is 5.92 Å². The molecule has 0 bridgehead atoms. The molecule has 1 aromatic rings. The number of carbonyl (C=O) groups is 1. The highest BCUT2D eigenvalue weighted by molar-refractivity contribution is 5.75. The van der Waals surface area contributed by atoms with Gasteiger partial charge in [0, 0.05) is 19.5 Å². The number of hydrogen-bond donors (Lipinski definition) is 0. The third kappa shape index (κ3) is 2.78. The van der Waals surface area contributed by atoms with Crippen molar-refractivity contribution in [1.82, 2.24) is 4.90 Å². The number of carbonyl (C=O) groups excluding carboxylic acids is 1. The maximum atomic E-state index is 11.8. The number of ether oxygens (including phenoxy) is 1. The van der Waals surface area contributed by atoms with Gasteiger partial charge in [-0.05, 0) is 60.8 Å². The first-order chi connectivity index (χ1) is 10.2. The number of aryl methyl sites for hydroxylation is 1. The van der Waals surface area contributed by atoms with Gasteiger partial charge in [-0.25, -0.2) is 0 Å². The predicted molar refractivity (Wildman–Crippen MR) is 83.7 cm³/mol. The van der Waals surface area contributed by atoms with E-state index in [1.165, 1.54) is 24.0 Å². The lowest BCUT2D eigenvalue weighted by molar-refractivity contribution is -0.132. The number of methoxy groups -OCH3 is 1. The number of hydrogen-bond acceptors (Lipinski definition) is 2. The lowest BCUT2D eigenvalue weighted by Crippen LogP contribution is -2.39. The quantitative estimate of drug-likeness (QED) is 0.853. The smallest absolute Gasteiger partial charge is 0.222 e. The average Bonchev–Trinajstić information content (AvgIpc) is 2.97. The normalized spacial score (nSPS) is 22.2. The Labute approximate surface area is 127 Å². The summed E-state index contributed by atoms with van der Waals surface area (Å²) in [5.74, 6) is 2.66. The monoisotopic (exact) mass is 287 g/mol. The fourth-order valence-corrected chi connectivity index (χ4v) is 4.00. The summed E-state index contributed by atoms with van der Waals surface area (Å²) in [6, 6.07) is 6.53. The molecule has 0 aromatic heterocycles. The molecule has 3 rings (SSSR count). The summed E-state index contributed by atoms with van der Waals surface area (Å²) in [6.45, 7) is 3.83. The summed E-state index contributed by atoms with van der Waals surface area (Å²) in [7, 11) is 1.74. The molecule has 0 N–H and O–H groups in total. The molecule has 114 valence electrons. The van der Waals surface area contributed by atoms with E-state index in [-0.39, 0.29) is 0 Å². The molecule has 1 unspecified atom stereocenters. The van der Waals surface area contributed by atoms with Gasteiger partial charge in [0.1, 0.15) is 5.75 Å². The van der Waals surface area contributed by atoms with E-state index >= 15 is 0 Å². The minimum Gasteiger partial charge on any atom is -0.497 e. The van der Waals surface area contributed by atoms with Crippen LogP contribution in [-0.4, -0.2) is 31.0 Å². The minimum atomic E-state index is 0.307. The Morgan fingerprint density at radius 2 is 2.05 bits per heavy atom. The van der Waals surface area contributed by atoms with Crippen molar-refractivity contribution < 1.29 is 9.53 Å². The molecular weight excluding hydrogens is 262 g/mol. The van der Waals surface area contributed by atoms with Crippen molar-refractivity contribution in [2.75, 3.05) is 20.2 Å². The van der Waals surface area contributed by atoms with E-state index in [0.717, 1.165) is 37.6 Å². The molecule has 1 amide bonds. The number of nitrogens with zero attached hydrogens (tertiary/aromatic N) is 1. The van der Waals surface area contributed by atoms with E-state index in [2.05, 4.69) is 18.2 Å². The van der Waals surface area contributed by atoms with Crippen LogP contribution in [0.15, 0.2) is 18.2 Å². The fourth-order valence-electron chi connectivity index (χ4n) is 4.00. The van der Waals surface area contributed by atoms with Crippen molar-refractivity contribution in [2.45, 2.75) is 44.9 Å².